The fourth-order valence-electron chi connectivity index (χ4n) is 0.172. The van der Waals surface area contributed by atoms with Crippen molar-refractivity contribution in [2.24, 2.45) is 0 Å². The van der Waals surface area contributed by atoms with E-state index in [0.29, 0.717) is 11.9 Å². The second kappa shape index (κ2) is 3.34. The third kappa shape index (κ3) is 1.93. The van der Waals surface area contributed by atoms with Crippen LogP contribution < -0.4 is 0 Å². The molecule has 0 radical (unpaired) electrons. The molecule has 0 nitrogen and oxygen atoms in total. The fourth-order valence-corrected chi connectivity index (χ4v) is 0.172. The minimum atomic E-state index is 0.417. The molecule has 0 saturated carbocycles. The monoisotopic (exact) mass is 98.1 g/mol. The van der Waals surface area contributed by atoms with Crippen LogP contribution in [0.5, 0.6) is 0 Å². The van der Waals surface area contributed by atoms with Gasteiger partial charge in [0.15, 0.2) is 0 Å². The zero-order chi connectivity index (χ0) is 5.70. The lowest BCUT2D eigenvalue weighted by atomic mass is 10.3. The first-order chi connectivity index (χ1) is 3.35. The number of rotatable bonds is 2. The molecule has 0 atom stereocenters. The Labute approximate surface area is 42.7 Å². The van der Waals surface area contributed by atoms with Gasteiger partial charge in [-0.05, 0) is 0 Å². The van der Waals surface area contributed by atoms with E-state index in [1.54, 1.807) is 0 Å². The molecule has 0 N–H and O–H groups in total. The molecule has 1 heteroatoms. The van der Waals surface area contributed by atoms with Gasteiger partial charge >= 0.3 is 0 Å². The van der Waals surface area contributed by atoms with Gasteiger partial charge in [-0.3, -0.25) is 0 Å². The van der Waals surface area contributed by atoms with E-state index in [2.05, 4.69) is 13.2 Å². The van der Waals surface area contributed by atoms with Crippen LogP contribution in [-0.2, 0) is 0 Å². The molecule has 0 unspecified atom stereocenters. The van der Waals surface area contributed by atoms with Gasteiger partial charge < -0.3 is 0 Å². The molecule has 0 aromatic heterocycles. The van der Waals surface area contributed by atoms with Crippen molar-refractivity contribution in [1.29, 1.82) is 0 Å². The molecule has 0 saturated heterocycles. The maximum absolute atomic E-state index is 11.4. The van der Waals surface area contributed by atoms with Crippen molar-refractivity contribution in [3.05, 3.63) is 37.2 Å². The summed E-state index contributed by atoms with van der Waals surface area (Å²) in [6.45, 7) is 6.65. The summed E-state index contributed by atoms with van der Waals surface area (Å²) in [4.78, 5) is 0. The van der Waals surface area contributed by atoms with E-state index in [0.717, 1.165) is 0 Å². The molecule has 0 rings (SSSR count). The smallest absolute Gasteiger partial charge is 0.0938 e. The van der Waals surface area contributed by atoms with Crippen LogP contribution in [0, 0.1) is 0 Å². The van der Waals surface area contributed by atoms with Crippen molar-refractivity contribution in [1.82, 2.24) is 0 Å². The normalized spacial score (nSPS) is 7.00. The molecule has 0 aromatic rings. The molecular formula is C6H7F. The lowest BCUT2D eigenvalue weighted by molar-refractivity contribution is 0.716. The standard InChI is InChI=1S/C6H7F/c1-3-6(4-2)5-7/h3-5H,1-2H2. The molecule has 0 aliphatic heterocycles. The van der Waals surface area contributed by atoms with Crippen LogP contribution in [-0.4, -0.2) is 0 Å². The Morgan fingerprint density at radius 3 is 1.71 bits per heavy atom. The van der Waals surface area contributed by atoms with Gasteiger partial charge in [0.25, 0.3) is 0 Å². The summed E-state index contributed by atoms with van der Waals surface area (Å²) in [5.74, 6) is 0. The van der Waals surface area contributed by atoms with Crippen LogP contribution in [0.2, 0.25) is 0 Å². The average molecular weight is 98.1 g/mol. The molecule has 7 heavy (non-hydrogen) atoms. The molecule has 0 spiro atoms. The maximum atomic E-state index is 11.4. The number of halogens is 1. The van der Waals surface area contributed by atoms with E-state index in [4.69, 9.17) is 0 Å². The van der Waals surface area contributed by atoms with E-state index in [-0.39, 0.29) is 0 Å². The van der Waals surface area contributed by atoms with E-state index < -0.39 is 0 Å². The Hall–Kier alpha value is -0.850. The third-order valence-electron chi connectivity index (χ3n) is 0.597. The minimum Gasteiger partial charge on any atom is -0.215 e. The molecule has 0 aliphatic carbocycles. The van der Waals surface area contributed by atoms with Gasteiger partial charge in [0.1, 0.15) is 0 Å². The summed E-state index contributed by atoms with van der Waals surface area (Å²) < 4.78 is 11.4. The van der Waals surface area contributed by atoms with Crippen LogP contribution in [0.3, 0.4) is 0 Å². The number of hydrogen-bond acceptors (Lipinski definition) is 0. The summed E-state index contributed by atoms with van der Waals surface area (Å²) in [6, 6.07) is 0. The predicted octanol–water partition coefficient (Wildman–Crippen LogP) is 2.21. The topological polar surface area (TPSA) is 0 Å². The first-order valence-electron chi connectivity index (χ1n) is 1.90. The summed E-state index contributed by atoms with van der Waals surface area (Å²) in [5.41, 5.74) is 0.417. The Balaban J connectivity index is 3.85. The van der Waals surface area contributed by atoms with Gasteiger partial charge in [-0.25, -0.2) is 4.39 Å². The first-order valence-corrected chi connectivity index (χ1v) is 1.90. The van der Waals surface area contributed by atoms with Crippen molar-refractivity contribution in [3.63, 3.8) is 0 Å². The highest BCUT2D eigenvalue weighted by molar-refractivity contribution is 5.24. The van der Waals surface area contributed by atoms with Crippen LogP contribution >= 0.6 is 0 Å². The van der Waals surface area contributed by atoms with Gasteiger partial charge in [0.05, 0.1) is 6.33 Å². The summed E-state index contributed by atoms with van der Waals surface area (Å²) in [6.07, 6.45) is 3.25. The van der Waals surface area contributed by atoms with Gasteiger partial charge in [0.2, 0.25) is 0 Å². The molecule has 0 fully saturated rings. The third-order valence-corrected chi connectivity index (χ3v) is 0.597. The van der Waals surface area contributed by atoms with Crippen LogP contribution in [0.15, 0.2) is 37.2 Å². The van der Waals surface area contributed by atoms with Gasteiger partial charge in [-0.1, -0.05) is 25.3 Å². The SMILES string of the molecule is C=CC(C=C)=CF. The summed E-state index contributed by atoms with van der Waals surface area (Å²) >= 11 is 0. The second-order valence-corrected chi connectivity index (χ2v) is 1.02. The zero-order valence-electron chi connectivity index (χ0n) is 4.02. The predicted molar refractivity (Wildman–Crippen MR) is 29.6 cm³/mol. The molecule has 0 bridgehead atoms. The lowest BCUT2D eigenvalue weighted by Crippen LogP contribution is -1.60. The zero-order valence-corrected chi connectivity index (χ0v) is 4.02. The largest absolute Gasteiger partial charge is 0.215 e. The summed E-state index contributed by atoms with van der Waals surface area (Å²) in [5, 5.41) is 0. The molecule has 0 aliphatic rings. The first kappa shape index (κ1) is 6.15. The minimum absolute atomic E-state index is 0.417. The highest BCUT2D eigenvalue weighted by Crippen LogP contribution is 1.94. The maximum Gasteiger partial charge on any atom is 0.0938 e. The van der Waals surface area contributed by atoms with Gasteiger partial charge in [-0.15, -0.1) is 0 Å². The van der Waals surface area contributed by atoms with Crippen molar-refractivity contribution >= 4 is 0 Å². The van der Waals surface area contributed by atoms with Gasteiger partial charge in [-0.2, -0.15) is 0 Å². The highest BCUT2D eigenvalue weighted by Gasteiger charge is 1.75. The van der Waals surface area contributed by atoms with Gasteiger partial charge in [0, 0.05) is 5.57 Å². The Morgan fingerprint density at radius 2 is 1.71 bits per heavy atom. The van der Waals surface area contributed by atoms with Crippen molar-refractivity contribution in [2.45, 2.75) is 0 Å². The molecule has 0 heterocycles. The summed E-state index contributed by atoms with van der Waals surface area (Å²) in [7, 11) is 0. The van der Waals surface area contributed by atoms with E-state index in [9.17, 15) is 4.39 Å². The number of hydrogen-bond donors (Lipinski definition) is 0. The van der Waals surface area contributed by atoms with Crippen LogP contribution in [0.1, 0.15) is 0 Å². The Morgan fingerprint density at radius 1 is 1.29 bits per heavy atom. The molecule has 38 valence electrons. The average Bonchev–Trinajstić information content (AvgIpc) is 1.72. The Kier molecular flexibility index (Phi) is 2.94. The van der Waals surface area contributed by atoms with Crippen LogP contribution in [0.25, 0.3) is 0 Å². The second-order valence-electron chi connectivity index (χ2n) is 1.02. The lowest BCUT2D eigenvalue weighted by Gasteiger charge is -1.79. The molecular weight excluding hydrogens is 91.1 g/mol. The van der Waals surface area contributed by atoms with E-state index in [1.807, 2.05) is 0 Å². The van der Waals surface area contributed by atoms with Crippen molar-refractivity contribution < 1.29 is 4.39 Å². The molecule has 0 amide bonds. The number of allylic oxidation sites excluding steroid dienone is 3. The Bertz CT molecular complexity index is 90.7. The van der Waals surface area contributed by atoms with Crippen molar-refractivity contribution in [3.8, 4) is 0 Å². The van der Waals surface area contributed by atoms with Crippen LogP contribution in [0.4, 0.5) is 4.39 Å². The van der Waals surface area contributed by atoms with E-state index in [1.165, 1.54) is 12.2 Å². The highest BCUT2D eigenvalue weighted by atomic mass is 19.1. The fraction of sp³-hybridized carbons (Fsp3) is 0. The quantitative estimate of drug-likeness (QED) is 0.464. The molecule has 0 aromatic carbocycles. The van der Waals surface area contributed by atoms with E-state index >= 15 is 0 Å². The van der Waals surface area contributed by atoms with Crippen molar-refractivity contribution in [2.75, 3.05) is 0 Å².